The lowest BCUT2D eigenvalue weighted by Gasteiger charge is -2.27. The Bertz CT molecular complexity index is 1020. The summed E-state index contributed by atoms with van der Waals surface area (Å²) in [5, 5.41) is 0. The first-order valence-corrected chi connectivity index (χ1v) is 9.74. The third-order valence-electron chi connectivity index (χ3n) is 6.22. The van der Waals surface area contributed by atoms with E-state index in [1.54, 1.807) is 12.4 Å². The number of carbonyl (C=O) groups excluding carboxylic acids is 2. The van der Waals surface area contributed by atoms with Crippen molar-refractivity contribution in [3.05, 3.63) is 65.0 Å². The second kappa shape index (κ2) is 5.85. The highest BCUT2D eigenvalue weighted by molar-refractivity contribution is 7.80. The third kappa shape index (κ3) is 2.39. The minimum Gasteiger partial charge on any atom is -0.449 e. The van der Waals surface area contributed by atoms with Crippen LogP contribution < -0.4 is 5.73 Å². The van der Waals surface area contributed by atoms with Crippen molar-refractivity contribution in [2.24, 2.45) is 5.73 Å². The molecule has 2 aromatic rings. The van der Waals surface area contributed by atoms with Crippen molar-refractivity contribution in [2.75, 3.05) is 13.1 Å². The largest absolute Gasteiger partial charge is 0.449 e. The molecule has 1 spiro atoms. The molecule has 142 valence electrons. The minimum atomic E-state index is -0.739. The molecule has 1 aromatic carbocycles. The zero-order valence-electron chi connectivity index (χ0n) is 15.2. The molecule has 2 N–H and O–H groups in total. The number of hydrogen-bond acceptors (Lipinski definition) is 5. The van der Waals surface area contributed by atoms with Gasteiger partial charge in [0.2, 0.25) is 5.91 Å². The molecule has 1 amide bonds. The summed E-state index contributed by atoms with van der Waals surface area (Å²) in [6.07, 6.45) is 5.46. The predicted molar refractivity (Wildman–Crippen MR) is 106 cm³/mol. The van der Waals surface area contributed by atoms with E-state index in [0.717, 1.165) is 29.5 Å². The molecule has 0 radical (unpaired) electrons. The summed E-state index contributed by atoms with van der Waals surface area (Å²) < 4.78 is 5.74. The number of nitrogens with zero attached hydrogens (tertiary/aromatic N) is 2. The Hall–Kier alpha value is -2.80. The number of benzene rings is 1. The molecular formula is C21H19N3O3S. The topological polar surface area (TPSA) is 85.5 Å². The summed E-state index contributed by atoms with van der Waals surface area (Å²) in [5.74, 6) is -0.252. The van der Waals surface area contributed by atoms with Crippen LogP contribution in [0.2, 0.25) is 0 Å². The quantitative estimate of drug-likeness (QED) is 0.635. The normalized spacial score (nSPS) is 24.1. The predicted octanol–water partition coefficient (Wildman–Crippen LogP) is 2.05. The van der Waals surface area contributed by atoms with Gasteiger partial charge in [0.05, 0.1) is 17.5 Å². The highest BCUT2D eigenvalue weighted by Gasteiger charge is 2.57. The van der Waals surface area contributed by atoms with E-state index in [2.05, 4.69) is 4.98 Å². The molecule has 2 aliphatic heterocycles. The zero-order valence-corrected chi connectivity index (χ0v) is 16.0. The van der Waals surface area contributed by atoms with Crippen LogP contribution in [0.25, 0.3) is 0 Å². The van der Waals surface area contributed by atoms with Gasteiger partial charge >= 0.3 is 5.97 Å². The number of esters is 1. The maximum Gasteiger partial charge on any atom is 0.341 e. The Kier molecular flexibility index (Phi) is 3.61. The first-order valence-electron chi connectivity index (χ1n) is 9.33. The average Bonchev–Trinajstić information content (AvgIpc) is 3.34. The molecule has 2 fully saturated rings. The molecule has 1 aliphatic carbocycles. The van der Waals surface area contributed by atoms with E-state index in [4.69, 9.17) is 22.7 Å². The molecule has 0 unspecified atom stereocenters. The molecule has 1 aromatic heterocycles. The van der Waals surface area contributed by atoms with E-state index in [1.807, 2.05) is 35.2 Å². The Labute approximate surface area is 167 Å². The van der Waals surface area contributed by atoms with Gasteiger partial charge < -0.3 is 15.4 Å². The van der Waals surface area contributed by atoms with Crippen LogP contribution in [-0.4, -0.2) is 39.8 Å². The maximum atomic E-state index is 13.4. The lowest BCUT2D eigenvalue weighted by molar-refractivity contribution is -0.134. The van der Waals surface area contributed by atoms with E-state index in [-0.39, 0.29) is 11.9 Å². The average molecular weight is 393 g/mol. The molecule has 1 saturated heterocycles. The van der Waals surface area contributed by atoms with Gasteiger partial charge in [0.1, 0.15) is 4.99 Å². The van der Waals surface area contributed by atoms with E-state index in [1.165, 1.54) is 0 Å². The van der Waals surface area contributed by atoms with Gasteiger partial charge in [-0.15, -0.1) is 0 Å². The van der Waals surface area contributed by atoms with Gasteiger partial charge in [-0.1, -0.05) is 36.5 Å². The number of rotatable bonds is 3. The summed E-state index contributed by atoms with van der Waals surface area (Å²) in [7, 11) is 0. The Morgan fingerprint density at radius 1 is 1.18 bits per heavy atom. The standard InChI is InChI=1S/C21H19N3O3S/c22-17(28)13-1-3-14(4-2-13)20(6-7-20)19(26)24-10-8-21(12-24)16-5-9-23-11-15(16)18(25)27-21/h1-5,9,11H,6-8,10,12H2,(H2,22,28)/t21-/m0/s1. The fraction of sp³-hybridized carbons (Fsp3) is 0.333. The fourth-order valence-corrected chi connectivity index (χ4v) is 4.64. The number of thiocarbonyl (C=S) groups is 1. The number of aromatic nitrogens is 1. The van der Waals surface area contributed by atoms with Crippen LogP contribution in [0, 0.1) is 0 Å². The van der Waals surface area contributed by atoms with Crippen LogP contribution in [0.3, 0.4) is 0 Å². The van der Waals surface area contributed by atoms with Crippen molar-refractivity contribution >= 4 is 29.1 Å². The van der Waals surface area contributed by atoms with Crippen molar-refractivity contribution in [3.8, 4) is 0 Å². The van der Waals surface area contributed by atoms with Crippen molar-refractivity contribution < 1.29 is 14.3 Å². The molecule has 5 rings (SSSR count). The van der Waals surface area contributed by atoms with Crippen molar-refractivity contribution in [3.63, 3.8) is 0 Å². The molecule has 3 heterocycles. The Balaban J connectivity index is 1.40. The van der Waals surface area contributed by atoms with Gasteiger partial charge in [-0.05, 0) is 24.5 Å². The monoisotopic (exact) mass is 393 g/mol. The van der Waals surface area contributed by atoms with Crippen molar-refractivity contribution in [1.29, 1.82) is 0 Å². The van der Waals surface area contributed by atoms with Crippen LogP contribution in [0.1, 0.15) is 46.3 Å². The number of nitrogens with two attached hydrogens (primary N) is 1. The van der Waals surface area contributed by atoms with Crippen LogP contribution in [0.15, 0.2) is 42.7 Å². The summed E-state index contributed by atoms with van der Waals surface area (Å²) in [5.41, 5.74) is 7.59. The molecule has 3 aliphatic rings. The SMILES string of the molecule is NC(=S)c1ccc(C2(C(=O)N3CC[C@@]4(C3)OC(=O)c3cnccc34)CC2)cc1. The molecule has 1 atom stereocenters. The van der Waals surface area contributed by atoms with Crippen LogP contribution in [0.5, 0.6) is 0 Å². The lowest BCUT2D eigenvalue weighted by Crippen LogP contribution is -2.40. The van der Waals surface area contributed by atoms with Gasteiger partial charge in [-0.25, -0.2) is 4.79 Å². The number of carbonyl (C=O) groups is 2. The van der Waals surface area contributed by atoms with E-state index in [0.29, 0.717) is 30.1 Å². The van der Waals surface area contributed by atoms with E-state index < -0.39 is 11.0 Å². The number of amides is 1. The van der Waals surface area contributed by atoms with Gasteiger partial charge in [-0.2, -0.15) is 0 Å². The molecule has 7 heteroatoms. The Morgan fingerprint density at radius 2 is 1.93 bits per heavy atom. The fourth-order valence-electron chi connectivity index (χ4n) is 4.51. The summed E-state index contributed by atoms with van der Waals surface area (Å²) >= 11 is 5.01. The first-order chi connectivity index (χ1) is 13.5. The van der Waals surface area contributed by atoms with Crippen LogP contribution in [-0.2, 0) is 20.5 Å². The maximum absolute atomic E-state index is 13.4. The van der Waals surface area contributed by atoms with E-state index in [9.17, 15) is 9.59 Å². The second-order valence-electron chi connectivity index (χ2n) is 7.81. The third-order valence-corrected chi connectivity index (χ3v) is 6.46. The summed E-state index contributed by atoms with van der Waals surface area (Å²) in [4.78, 5) is 31.9. The number of likely N-dealkylation sites (tertiary alicyclic amines) is 1. The summed E-state index contributed by atoms with van der Waals surface area (Å²) in [6.45, 7) is 0.960. The number of pyridine rings is 1. The van der Waals surface area contributed by atoms with Gasteiger partial charge in [-0.3, -0.25) is 9.78 Å². The van der Waals surface area contributed by atoms with Crippen molar-refractivity contribution in [2.45, 2.75) is 30.3 Å². The highest BCUT2D eigenvalue weighted by Crippen LogP contribution is 2.52. The lowest BCUT2D eigenvalue weighted by atomic mass is 9.92. The number of hydrogen-bond donors (Lipinski definition) is 1. The van der Waals surface area contributed by atoms with Crippen LogP contribution in [0.4, 0.5) is 0 Å². The van der Waals surface area contributed by atoms with Gasteiger partial charge in [0, 0.05) is 36.5 Å². The number of fused-ring (bicyclic) bond motifs is 2. The molecular weight excluding hydrogens is 374 g/mol. The van der Waals surface area contributed by atoms with Gasteiger partial charge in [0.15, 0.2) is 5.60 Å². The smallest absolute Gasteiger partial charge is 0.341 e. The second-order valence-corrected chi connectivity index (χ2v) is 8.25. The summed E-state index contributed by atoms with van der Waals surface area (Å²) in [6, 6.07) is 9.47. The van der Waals surface area contributed by atoms with E-state index >= 15 is 0 Å². The number of ether oxygens (including phenoxy) is 1. The molecule has 6 nitrogen and oxygen atoms in total. The van der Waals surface area contributed by atoms with Crippen LogP contribution >= 0.6 is 12.2 Å². The minimum absolute atomic E-state index is 0.103. The highest BCUT2D eigenvalue weighted by atomic mass is 32.1. The zero-order chi connectivity index (χ0) is 19.5. The van der Waals surface area contributed by atoms with Gasteiger partial charge in [0.25, 0.3) is 0 Å². The molecule has 1 saturated carbocycles. The molecule has 0 bridgehead atoms. The Morgan fingerprint density at radius 3 is 2.61 bits per heavy atom. The molecule has 28 heavy (non-hydrogen) atoms. The van der Waals surface area contributed by atoms with Crippen molar-refractivity contribution in [1.82, 2.24) is 9.88 Å². The first kappa shape index (κ1) is 17.3.